The zero-order valence-corrected chi connectivity index (χ0v) is 11.2. The SMILES string of the molecule is CNC(=O)c1ccc(NC(=O)C2NCCC2C)cc1. The lowest BCUT2D eigenvalue weighted by Gasteiger charge is -2.15. The van der Waals surface area contributed by atoms with Gasteiger partial charge in [0.1, 0.15) is 0 Å². The van der Waals surface area contributed by atoms with Crippen LogP contribution in [0.3, 0.4) is 0 Å². The van der Waals surface area contributed by atoms with Gasteiger partial charge in [-0.1, -0.05) is 6.92 Å². The second kappa shape index (κ2) is 5.84. The molecule has 19 heavy (non-hydrogen) atoms. The molecule has 0 aliphatic carbocycles. The number of rotatable bonds is 3. The molecule has 1 fully saturated rings. The Hall–Kier alpha value is -1.88. The maximum atomic E-state index is 12.0. The van der Waals surface area contributed by atoms with Crippen LogP contribution in [0.5, 0.6) is 0 Å². The van der Waals surface area contributed by atoms with Gasteiger partial charge in [-0.2, -0.15) is 0 Å². The average Bonchev–Trinajstić information content (AvgIpc) is 2.85. The predicted molar refractivity (Wildman–Crippen MR) is 74.0 cm³/mol. The summed E-state index contributed by atoms with van der Waals surface area (Å²) in [5.74, 6) is 0.201. The fourth-order valence-electron chi connectivity index (χ4n) is 2.25. The molecule has 2 atom stereocenters. The fourth-order valence-corrected chi connectivity index (χ4v) is 2.25. The predicted octanol–water partition coefficient (Wildman–Crippen LogP) is 0.983. The molecule has 1 saturated heterocycles. The highest BCUT2D eigenvalue weighted by molar-refractivity contribution is 5.97. The zero-order valence-electron chi connectivity index (χ0n) is 11.2. The zero-order chi connectivity index (χ0) is 13.8. The lowest BCUT2D eigenvalue weighted by atomic mass is 10.0. The van der Waals surface area contributed by atoms with Crippen LogP contribution >= 0.6 is 0 Å². The van der Waals surface area contributed by atoms with Gasteiger partial charge in [0, 0.05) is 18.3 Å². The van der Waals surface area contributed by atoms with E-state index in [1.807, 2.05) is 0 Å². The van der Waals surface area contributed by atoms with Gasteiger partial charge in [0.2, 0.25) is 5.91 Å². The van der Waals surface area contributed by atoms with Crippen molar-refractivity contribution in [2.45, 2.75) is 19.4 Å². The molecule has 0 saturated carbocycles. The molecule has 3 N–H and O–H groups in total. The molecule has 1 aromatic carbocycles. The number of hydrogen-bond donors (Lipinski definition) is 3. The van der Waals surface area contributed by atoms with Crippen LogP contribution in [0.1, 0.15) is 23.7 Å². The van der Waals surface area contributed by atoms with Gasteiger partial charge < -0.3 is 16.0 Å². The molecule has 5 heteroatoms. The highest BCUT2D eigenvalue weighted by Crippen LogP contribution is 2.17. The number of benzene rings is 1. The molecule has 0 radical (unpaired) electrons. The van der Waals surface area contributed by atoms with Crippen molar-refractivity contribution in [2.75, 3.05) is 18.9 Å². The first-order valence-electron chi connectivity index (χ1n) is 6.48. The lowest BCUT2D eigenvalue weighted by Crippen LogP contribution is -2.39. The van der Waals surface area contributed by atoms with E-state index >= 15 is 0 Å². The normalized spacial score (nSPS) is 22.0. The molecule has 0 bridgehead atoms. The number of amides is 2. The lowest BCUT2D eigenvalue weighted by molar-refractivity contribution is -0.118. The molecular weight excluding hydrogens is 242 g/mol. The summed E-state index contributed by atoms with van der Waals surface area (Å²) in [6, 6.07) is 6.74. The van der Waals surface area contributed by atoms with Gasteiger partial charge in [0.15, 0.2) is 0 Å². The van der Waals surface area contributed by atoms with Crippen molar-refractivity contribution in [3.05, 3.63) is 29.8 Å². The number of anilines is 1. The highest BCUT2D eigenvalue weighted by Gasteiger charge is 2.29. The molecule has 2 rings (SSSR count). The van der Waals surface area contributed by atoms with Gasteiger partial charge in [-0.15, -0.1) is 0 Å². The van der Waals surface area contributed by atoms with E-state index in [-0.39, 0.29) is 17.9 Å². The molecule has 2 unspecified atom stereocenters. The van der Waals surface area contributed by atoms with Gasteiger partial charge in [0.25, 0.3) is 5.91 Å². The van der Waals surface area contributed by atoms with Crippen LogP contribution in [0.4, 0.5) is 5.69 Å². The van der Waals surface area contributed by atoms with Gasteiger partial charge in [0.05, 0.1) is 6.04 Å². The van der Waals surface area contributed by atoms with Gasteiger partial charge in [-0.25, -0.2) is 0 Å². The topological polar surface area (TPSA) is 70.2 Å². The smallest absolute Gasteiger partial charge is 0.251 e. The summed E-state index contributed by atoms with van der Waals surface area (Å²) in [6.45, 7) is 2.95. The fraction of sp³-hybridized carbons (Fsp3) is 0.429. The van der Waals surface area contributed by atoms with Crippen molar-refractivity contribution >= 4 is 17.5 Å². The molecule has 102 valence electrons. The van der Waals surface area contributed by atoms with E-state index in [4.69, 9.17) is 0 Å². The monoisotopic (exact) mass is 261 g/mol. The average molecular weight is 261 g/mol. The molecular formula is C14H19N3O2. The number of hydrogen-bond acceptors (Lipinski definition) is 3. The standard InChI is InChI=1S/C14H19N3O2/c1-9-7-8-16-12(9)14(19)17-11-5-3-10(4-6-11)13(18)15-2/h3-6,9,12,16H,7-8H2,1-2H3,(H,15,18)(H,17,19). The Kier molecular flexibility index (Phi) is 4.16. The third-order valence-electron chi connectivity index (χ3n) is 3.46. The van der Waals surface area contributed by atoms with E-state index in [0.29, 0.717) is 17.2 Å². The van der Waals surface area contributed by atoms with Crippen molar-refractivity contribution in [3.8, 4) is 0 Å². The van der Waals surface area contributed by atoms with E-state index in [9.17, 15) is 9.59 Å². The Balaban J connectivity index is 1.99. The third-order valence-corrected chi connectivity index (χ3v) is 3.46. The molecule has 1 aliphatic heterocycles. The van der Waals surface area contributed by atoms with Crippen molar-refractivity contribution in [2.24, 2.45) is 5.92 Å². The number of carbonyl (C=O) groups is 2. The molecule has 0 aromatic heterocycles. The summed E-state index contributed by atoms with van der Waals surface area (Å²) in [5, 5.41) is 8.61. The minimum absolute atomic E-state index is 0.0160. The Morgan fingerprint density at radius 3 is 2.47 bits per heavy atom. The van der Waals surface area contributed by atoms with Crippen LogP contribution in [-0.4, -0.2) is 31.4 Å². The Morgan fingerprint density at radius 1 is 1.26 bits per heavy atom. The molecule has 1 aromatic rings. The van der Waals surface area contributed by atoms with Crippen molar-refractivity contribution in [1.82, 2.24) is 10.6 Å². The third kappa shape index (κ3) is 3.12. The maximum Gasteiger partial charge on any atom is 0.251 e. The highest BCUT2D eigenvalue weighted by atomic mass is 16.2. The number of carbonyl (C=O) groups excluding carboxylic acids is 2. The Labute approximate surface area is 112 Å². The van der Waals surface area contributed by atoms with Crippen LogP contribution in [0.15, 0.2) is 24.3 Å². The van der Waals surface area contributed by atoms with Gasteiger partial charge >= 0.3 is 0 Å². The van der Waals surface area contributed by atoms with E-state index in [0.717, 1.165) is 13.0 Å². The summed E-state index contributed by atoms with van der Waals surface area (Å²) < 4.78 is 0. The molecule has 5 nitrogen and oxygen atoms in total. The first kappa shape index (κ1) is 13.5. The minimum atomic E-state index is -0.135. The first-order chi connectivity index (χ1) is 9.11. The van der Waals surface area contributed by atoms with Crippen LogP contribution in [0.25, 0.3) is 0 Å². The minimum Gasteiger partial charge on any atom is -0.355 e. The van der Waals surface area contributed by atoms with E-state index < -0.39 is 0 Å². The second-order valence-electron chi connectivity index (χ2n) is 4.84. The van der Waals surface area contributed by atoms with E-state index in [1.165, 1.54) is 0 Å². The summed E-state index contributed by atoms with van der Waals surface area (Å²) in [6.07, 6.45) is 1.02. The molecule has 0 spiro atoms. The Morgan fingerprint density at radius 2 is 1.95 bits per heavy atom. The summed E-state index contributed by atoms with van der Waals surface area (Å²) in [7, 11) is 1.59. The maximum absolute atomic E-state index is 12.0. The van der Waals surface area contributed by atoms with Crippen molar-refractivity contribution < 1.29 is 9.59 Å². The summed E-state index contributed by atoms with van der Waals surface area (Å²) in [5.41, 5.74) is 1.28. The van der Waals surface area contributed by atoms with Crippen LogP contribution in [0.2, 0.25) is 0 Å². The van der Waals surface area contributed by atoms with Crippen LogP contribution in [0, 0.1) is 5.92 Å². The van der Waals surface area contributed by atoms with Gasteiger partial charge in [-0.05, 0) is 43.1 Å². The first-order valence-corrected chi connectivity index (χ1v) is 6.48. The Bertz CT molecular complexity index is 470. The van der Waals surface area contributed by atoms with Gasteiger partial charge in [-0.3, -0.25) is 9.59 Å². The second-order valence-corrected chi connectivity index (χ2v) is 4.84. The van der Waals surface area contributed by atoms with Crippen LogP contribution < -0.4 is 16.0 Å². The molecule has 2 amide bonds. The quantitative estimate of drug-likeness (QED) is 0.759. The van der Waals surface area contributed by atoms with Crippen molar-refractivity contribution in [1.29, 1.82) is 0 Å². The largest absolute Gasteiger partial charge is 0.355 e. The van der Waals surface area contributed by atoms with E-state index in [1.54, 1.807) is 31.3 Å². The molecule has 1 heterocycles. The summed E-state index contributed by atoms with van der Waals surface area (Å²) >= 11 is 0. The summed E-state index contributed by atoms with van der Waals surface area (Å²) in [4.78, 5) is 23.4. The van der Waals surface area contributed by atoms with Crippen molar-refractivity contribution in [3.63, 3.8) is 0 Å². The number of nitrogens with one attached hydrogen (secondary N) is 3. The molecule has 1 aliphatic rings. The van der Waals surface area contributed by atoms with E-state index in [2.05, 4.69) is 22.9 Å². The van der Waals surface area contributed by atoms with Crippen LogP contribution in [-0.2, 0) is 4.79 Å².